The highest BCUT2D eigenvalue weighted by atomic mass is 16.6. The van der Waals surface area contributed by atoms with E-state index in [0.717, 1.165) is 5.82 Å². The smallest absolute Gasteiger partial charge is 0.410 e. The van der Waals surface area contributed by atoms with Crippen LogP contribution in [-0.2, 0) is 4.74 Å². The zero-order valence-corrected chi connectivity index (χ0v) is 13.6. The van der Waals surface area contributed by atoms with E-state index in [4.69, 9.17) is 14.7 Å². The SMILES string of the molecule is CC(C)(C)OC(=O)N1CCN2c3ncc(C#N)cc3OCC2C1. The Labute approximate surface area is 135 Å². The van der Waals surface area contributed by atoms with Crippen molar-refractivity contribution >= 4 is 11.9 Å². The summed E-state index contributed by atoms with van der Waals surface area (Å²) in [5.41, 5.74) is -0.0198. The molecule has 1 aromatic rings. The monoisotopic (exact) mass is 316 g/mol. The van der Waals surface area contributed by atoms with E-state index in [1.165, 1.54) is 0 Å². The Kier molecular flexibility index (Phi) is 3.76. The van der Waals surface area contributed by atoms with Gasteiger partial charge in [-0.1, -0.05) is 0 Å². The second kappa shape index (κ2) is 5.61. The van der Waals surface area contributed by atoms with Crippen molar-refractivity contribution in [2.45, 2.75) is 32.4 Å². The highest BCUT2D eigenvalue weighted by molar-refractivity contribution is 5.69. The third kappa shape index (κ3) is 3.16. The van der Waals surface area contributed by atoms with Crippen LogP contribution in [0.3, 0.4) is 0 Å². The van der Waals surface area contributed by atoms with Crippen LogP contribution in [0.25, 0.3) is 0 Å². The lowest BCUT2D eigenvalue weighted by atomic mass is 10.1. The molecule has 7 nitrogen and oxygen atoms in total. The van der Waals surface area contributed by atoms with Crippen molar-refractivity contribution in [3.8, 4) is 11.8 Å². The first-order chi connectivity index (χ1) is 10.9. The second-order valence-corrected chi connectivity index (χ2v) is 6.74. The van der Waals surface area contributed by atoms with Crippen LogP contribution in [0.1, 0.15) is 26.3 Å². The quantitative estimate of drug-likeness (QED) is 0.726. The lowest BCUT2D eigenvalue weighted by Gasteiger charge is -2.44. The highest BCUT2D eigenvalue weighted by Crippen LogP contribution is 2.33. The average Bonchev–Trinajstić information content (AvgIpc) is 2.51. The van der Waals surface area contributed by atoms with E-state index in [9.17, 15) is 4.79 Å². The van der Waals surface area contributed by atoms with E-state index >= 15 is 0 Å². The Morgan fingerprint density at radius 1 is 1.48 bits per heavy atom. The molecule has 1 amide bonds. The number of hydrogen-bond acceptors (Lipinski definition) is 6. The van der Waals surface area contributed by atoms with Gasteiger partial charge in [0.2, 0.25) is 0 Å². The van der Waals surface area contributed by atoms with Crippen LogP contribution in [0.15, 0.2) is 12.3 Å². The Morgan fingerprint density at radius 3 is 2.96 bits per heavy atom. The van der Waals surface area contributed by atoms with Gasteiger partial charge >= 0.3 is 6.09 Å². The number of carbonyl (C=O) groups excluding carboxylic acids is 1. The van der Waals surface area contributed by atoms with Crippen molar-refractivity contribution in [1.29, 1.82) is 5.26 Å². The molecule has 0 aromatic carbocycles. The van der Waals surface area contributed by atoms with Crippen molar-refractivity contribution in [2.75, 3.05) is 31.1 Å². The molecule has 0 spiro atoms. The molecule has 1 atom stereocenters. The van der Waals surface area contributed by atoms with Gasteiger partial charge in [-0.25, -0.2) is 9.78 Å². The van der Waals surface area contributed by atoms with Gasteiger partial charge in [0, 0.05) is 31.9 Å². The number of hydrogen-bond donors (Lipinski definition) is 0. The molecule has 1 fully saturated rings. The summed E-state index contributed by atoms with van der Waals surface area (Å²) in [5.74, 6) is 1.37. The van der Waals surface area contributed by atoms with Gasteiger partial charge in [-0.15, -0.1) is 0 Å². The first-order valence-electron chi connectivity index (χ1n) is 7.65. The average molecular weight is 316 g/mol. The van der Waals surface area contributed by atoms with Crippen LogP contribution in [0.5, 0.6) is 5.75 Å². The lowest BCUT2D eigenvalue weighted by Crippen LogP contribution is -2.59. The molecule has 0 saturated carbocycles. The lowest BCUT2D eigenvalue weighted by molar-refractivity contribution is 0.0194. The van der Waals surface area contributed by atoms with Gasteiger partial charge in [0.15, 0.2) is 11.6 Å². The van der Waals surface area contributed by atoms with E-state index in [2.05, 4.69) is 16.0 Å². The second-order valence-electron chi connectivity index (χ2n) is 6.74. The van der Waals surface area contributed by atoms with Crippen molar-refractivity contribution in [3.05, 3.63) is 17.8 Å². The van der Waals surface area contributed by atoms with Gasteiger partial charge in [-0.2, -0.15) is 5.26 Å². The van der Waals surface area contributed by atoms with E-state index in [1.807, 2.05) is 20.8 Å². The predicted molar refractivity (Wildman–Crippen MR) is 83.4 cm³/mol. The molecule has 2 aliphatic rings. The summed E-state index contributed by atoms with van der Waals surface area (Å²) in [6.45, 7) is 7.82. The maximum atomic E-state index is 12.2. The predicted octanol–water partition coefficient (Wildman–Crippen LogP) is 1.77. The van der Waals surface area contributed by atoms with Crippen LogP contribution < -0.4 is 9.64 Å². The van der Waals surface area contributed by atoms with Gasteiger partial charge in [0.25, 0.3) is 0 Å². The molecule has 0 radical (unpaired) electrons. The van der Waals surface area contributed by atoms with E-state index in [-0.39, 0.29) is 12.1 Å². The summed E-state index contributed by atoms with van der Waals surface area (Å²) in [6, 6.07) is 3.82. The summed E-state index contributed by atoms with van der Waals surface area (Å²) in [6.07, 6.45) is 1.25. The number of nitriles is 1. The fourth-order valence-corrected chi connectivity index (χ4v) is 2.78. The molecule has 0 N–H and O–H groups in total. The molecule has 23 heavy (non-hydrogen) atoms. The topological polar surface area (TPSA) is 78.7 Å². The molecule has 3 rings (SSSR count). The zero-order valence-electron chi connectivity index (χ0n) is 13.6. The van der Waals surface area contributed by atoms with Gasteiger partial charge in [-0.3, -0.25) is 0 Å². The van der Waals surface area contributed by atoms with Crippen molar-refractivity contribution < 1.29 is 14.3 Å². The number of nitrogens with zero attached hydrogens (tertiary/aromatic N) is 4. The van der Waals surface area contributed by atoms with E-state index in [1.54, 1.807) is 17.2 Å². The van der Waals surface area contributed by atoms with Crippen molar-refractivity contribution in [3.63, 3.8) is 0 Å². The number of piperazine rings is 1. The maximum absolute atomic E-state index is 12.2. The number of pyridine rings is 1. The number of carbonyl (C=O) groups is 1. The Hall–Kier alpha value is -2.49. The normalized spacial score (nSPS) is 20.0. The van der Waals surface area contributed by atoms with E-state index in [0.29, 0.717) is 37.6 Å². The molecule has 1 unspecified atom stereocenters. The van der Waals surface area contributed by atoms with Crippen molar-refractivity contribution in [1.82, 2.24) is 9.88 Å². The molecule has 122 valence electrons. The first kappa shape index (κ1) is 15.4. The van der Waals surface area contributed by atoms with Crippen LogP contribution in [-0.4, -0.2) is 53.9 Å². The molecule has 2 aliphatic heterocycles. The molecule has 7 heteroatoms. The summed E-state index contributed by atoms with van der Waals surface area (Å²) < 4.78 is 11.2. The van der Waals surface area contributed by atoms with Gasteiger partial charge in [0.05, 0.1) is 11.6 Å². The number of anilines is 1. The van der Waals surface area contributed by atoms with Gasteiger partial charge in [-0.05, 0) is 20.8 Å². The Bertz CT molecular complexity index is 662. The van der Waals surface area contributed by atoms with Gasteiger partial charge < -0.3 is 19.3 Å². The number of fused-ring (bicyclic) bond motifs is 3. The van der Waals surface area contributed by atoms with Gasteiger partial charge in [0.1, 0.15) is 18.3 Å². The third-order valence-corrected chi connectivity index (χ3v) is 3.80. The van der Waals surface area contributed by atoms with Crippen molar-refractivity contribution in [2.24, 2.45) is 0 Å². The molecular formula is C16H20N4O3. The minimum Gasteiger partial charge on any atom is -0.487 e. The fraction of sp³-hybridized carbons (Fsp3) is 0.562. The Balaban J connectivity index is 1.73. The van der Waals surface area contributed by atoms with Crippen LogP contribution in [0, 0.1) is 11.3 Å². The highest BCUT2D eigenvalue weighted by Gasteiger charge is 2.36. The fourth-order valence-electron chi connectivity index (χ4n) is 2.78. The summed E-state index contributed by atoms with van der Waals surface area (Å²) in [4.78, 5) is 20.4. The van der Waals surface area contributed by atoms with E-state index < -0.39 is 5.60 Å². The molecule has 3 heterocycles. The third-order valence-electron chi connectivity index (χ3n) is 3.80. The summed E-state index contributed by atoms with van der Waals surface area (Å²) in [7, 11) is 0. The zero-order chi connectivity index (χ0) is 16.6. The number of aromatic nitrogens is 1. The summed E-state index contributed by atoms with van der Waals surface area (Å²) >= 11 is 0. The van der Waals surface area contributed by atoms with Crippen LogP contribution in [0.4, 0.5) is 10.6 Å². The largest absolute Gasteiger partial charge is 0.487 e. The molecular weight excluding hydrogens is 296 g/mol. The first-order valence-corrected chi connectivity index (χ1v) is 7.65. The van der Waals surface area contributed by atoms with Crippen LogP contribution in [0.2, 0.25) is 0 Å². The minimum absolute atomic E-state index is 0.0456. The molecule has 0 aliphatic carbocycles. The standard InChI is InChI=1S/C16H20N4O3/c1-16(2,3)23-15(21)19-4-5-20-12(9-19)10-22-13-6-11(7-17)8-18-14(13)20/h6,8,12H,4-5,9-10H2,1-3H3. The molecule has 0 bridgehead atoms. The maximum Gasteiger partial charge on any atom is 0.410 e. The minimum atomic E-state index is -0.501. The van der Waals surface area contributed by atoms with Crippen LogP contribution >= 0.6 is 0 Å². The molecule has 1 aromatic heterocycles. The molecule has 1 saturated heterocycles. The summed E-state index contributed by atoms with van der Waals surface area (Å²) in [5, 5.41) is 8.94. The Morgan fingerprint density at radius 2 is 2.26 bits per heavy atom. The number of amides is 1. The number of rotatable bonds is 0. The number of ether oxygens (including phenoxy) is 2.